The number of hydrogen-bond acceptors (Lipinski definition) is 3. The molecule has 0 aliphatic carbocycles. The number of amidine groups is 1. The van der Waals surface area contributed by atoms with Gasteiger partial charge in [-0.2, -0.15) is 0 Å². The summed E-state index contributed by atoms with van der Waals surface area (Å²) in [6, 6.07) is 4.58. The maximum atomic E-state index is 13.9. The molecule has 1 heterocycles. The topological polar surface area (TPSA) is 61.7 Å². The van der Waals surface area contributed by atoms with Crippen LogP contribution in [0.3, 0.4) is 0 Å². The van der Waals surface area contributed by atoms with Crippen LogP contribution in [0, 0.1) is 5.82 Å². The Morgan fingerprint density at radius 3 is 3.00 bits per heavy atom. The van der Waals surface area contributed by atoms with Gasteiger partial charge in [0.2, 0.25) is 0 Å². The quantitative estimate of drug-likeness (QED) is 0.816. The first-order chi connectivity index (χ1) is 8.90. The van der Waals surface area contributed by atoms with Gasteiger partial charge < -0.3 is 5.11 Å². The molecule has 0 aromatic heterocycles. The van der Waals surface area contributed by atoms with Crippen molar-refractivity contribution in [2.75, 3.05) is 0 Å². The lowest BCUT2D eigenvalue weighted by Gasteiger charge is -2.26. The molecule has 1 aliphatic rings. The zero-order chi connectivity index (χ0) is 14.0. The molecule has 2 rings (SSSR count). The molecule has 1 atom stereocenters. The van der Waals surface area contributed by atoms with Crippen molar-refractivity contribution >= 4 is 39.0 Å². The summed E-state index contributed by atoms with van der Waals surface area (Å²) in [5, 5.41) is 12.8. The summed E-state index contributed by atoms with van der Waals surface area (Å²) in [4.78, 5) is 14.9. The number of benzene rings is 1. The van der Waals surface area contributed by atoms with Gasteiger partial charge in [0.1, 0.15) is 11.4 Å². The fourth-order valence-electron chi connectivity index (χ4n) is 1.69. The van der Waals surface area contributed by atoms with E-state index >= 15 is 0 Å². The highest BCUT2D eigenvalue weighted by atomic mass is 79.9. The highest BCUT2D eigenvalue weighted by molar-refractivity contribution is 9.10. The summed E-state index contributed by atoms with van der Waals surface area (Å²) in [7, 11) is 0. The number of carbonyl (C=O) groups is 1. The smallest absolute Gasteiger partial charge is 0.410 e. The molecule has 0 radical (unpaired) electrons. The van der Waals surface area contributed by atoms with Crippen molar-refractivity contribution in [3.8, 4) is 0 Å². The van der Waals surface area contributed by atoms with Gasteiger partial charge in [-0.3, -0.25) is 5.32 Å². The third kappa shape index (κ3) is 3.16. The molecular formula is C12H10BrFN2O2S. The number of nitrogens with zero attached hydrogens (tertiary/aromatic N) is 1. The Hall–Kier alpha value is -1.34. The van der Waals surface area contributed by atoms with Crippen LogP contribution in [0.1, 0.15) is 12.5 Å². The van der Waals surface area contributed by atoms with Crippen LogP contribution in [-0.2, 0) is 5.54 Å². The van der Waals surface area contributed by atoms with Crippen molar-refractivity contribution in [1.82, 2.24) is 5.32 Å². The zero-order valence-electron chi connectivity index (χ0n) is 9.85. The number of nitrogens with one attached hydrogen (secondary N) is 1. The second-order valence-electron chi connectivity index (χ2n) is 4.04. The van der Waals surface area contributed by atoms with Gasteiger partial charge >= 0.3 is 6.09 Å². The molecule has 7 heteroatoms. The SMILES string of the molecule is CC1(c2cc(Br)ccc2F)C=CSC(NC(=O)O)=N1. The summed E-state index contributed by atoms with van der Waals surface area (Å²) >= 11 is 4.43. The van der Waals surface area contributed by atoms with E-state index in [1.807, 2.05) is 0 Å². The summed E-state index contributed by atoms with van der Waals surface area (Å²) in [6.07, 6.45) is 0.536. The van der Waals surface area contributed by atoms with E-state index in [9.17, 15) is 9.18 Å². The number of amides is 1. The van der Waals surface area contributed by atoms with Gasteiger partial charge in [-0.15, -0.1) is 0 Å². The van der Waals surface area contributed by atoms with Crippen LogP contribution < -0.4 is 5.32 Å². The van der Waals surface area contributed by atoms with Crippen LogP contribution in [-0.4, -0.2) is 16.4 Å². The van der Waals surface area contributed by atoms with Crippen LogP contribution in [0.25, 0.3) is 0 Å². The van der Waals surface area contributed by atoms with Crippen LogP contribution in [0.15, 0.2) is 39.1 Å². The van der Waals surface area contributed by atoms with Gasteiger partial charge in [0.25, 0.3) is 0 Å². The molecule has 100 valence electrons. The van der Waals surface area contributed by atoms with Crippen molar-refractivity contribution in [1.29, 1.82) is 0 Å². The van der Waals surface area contributed by atoms with Crippen molar-refractivity contribution in [3.63, 3.8) is 0 Å². The number of halogens is 2. The summed E-state index contributed by atoms with van der Waals surface area (Å²) in [5.41, 5.74) is -0.556. The Morgan fingerprint density at radius 2 is 2.32 bits per heavy atom. The lowest BCUT2D eigenvalue weighted by atomic mass is 9.92. The second-order valence-corrected chi connectivity index (χ2v) is 5.85. The first-order valence-corrected chi connectivity index (χ1v) is 6.98. The Bertz CT molecular complexity index is 591. The van der Waals surface area contributed by atoms with Crippen molar-refractivity contribution in [2.45, 2.75) is 12.5 Å². The van der Waals surface area contributed by atoms with E-state index in [-0.39, 0.29) is 11.0 Å². The van der Waals surface area contributed by atoms with E-state index < -0.39 is 11.6 Å². The fourth-order valence-corrected chi connectivity index (χ4v) is 2.90. The van der Waals surface area contributed by atoms with Crippen LogP contribution in [0.5, 0.6) is 0 Å². The minimum Gasteiger partial charge on any atom is -0.465 e. The molecule has 0 saturated carbocycles. The van der Waals surface area contributed by atoms with Gasteiger partial charge in [-0.05, 0) is 36.6 Å². The predicted molar refractivity (Wildman–Crippen MR) is 76.8 cm³/mol. The fraction of sp³-hybridized carbons (Fsp3) is 0.167. The largest absolute Gasteiger partial charge is 0.465 e. The van der Waals surface area contributed by atoms with Crippen molar-refractivity contribution in [3.05, 3.63) is 45.5 Å². The molecule has 1 aliphatic heterocycles. The Kier molecular flexibility index (Phi) is 3.96. The molecule has 4 nitrogen and oxygen atoms in total. The molecule has 1 unspecified atom stereocenters. The number of hydrogen-bond donors (Lipinski definition) is 2. The molecule has 0 spiro atoms. The van der Waals surface area contributed by atoms with E-state index in [1.165, 1.54) is 6.07 Å². The predicted octanol–water partition coefficient (Wildman–Crippen LogP) is 3.69. The van der Waals surface area contributed by atoms with E-state index in [1.54, 1.807) is 30.5 Å². The lowest BCUT2D eigenvalue weighted by molar-refractivity contribution is 0.200. The van der Waals surface area contributed by atoms with E-state index in [0.717, 1.165) is 16.2 Å². The molecule has 1 aromatic carbocycles. The van der Waals surface area contributed by atoms with Crippen LogP contribution >= 0.6 is 27.7 Å². The summed E-state index contributed by atoms with van der Waals surface area (Å²) in [6.45, 7) is 1.72. The van der Waals surface area contributed by atoms with Crippen LogP contribution in [0.4, 0.5) is 9.18 Å². The van der Waals surface area contributed by atoms with Gasteiger partial charge in [-0.25, -0.2) is 14.2 Å². The lowest BCUT2D eigenvalue weighted by Crippen LogP contribution is -2.31. The monoisotopic (exact) mass is 344 g/mol. The Labute approximate surface area is 121 Å². The number of rotatable bonds is 1. The third-order valence-electron chi connectivity index (χ3n) is 2.59. The van der Waals surface area contributed by atoms with Crippen LogP contribution in [0.2, 0.25) is 0 Å². The minimum absolute atomic E-state index is 0.219. The maximum absolute atomic E-state index is 13.9. The Morgan fingerprint density at radius 1 is 1.58 bits per heavy atom. The van der Waals surface area contributed by atoms with Crippen molar-refractivity contribution < 1.29 is 14.3 Å². The highest BCUT2D eigenvalue weighted by Crippen LogP contribution is 2.35. The van der Waals surface area contributed by atoms with E-state index in [4.69, 9.17) is 5.11 Å². The van der Waals surface area contributed by atoms with Gasteiger partial charge in [-0.1, -0.05) is 27.7 Å². The first kappa shape index (κ1) is 14.1. The molecule has 0 saturated heterocycles. The third-order valence-corrected chi connectivity index (χ3v) is 3.78. The second kappa shape index (κ2) is 5.34. The number of carboxylic acid groups (broad SMARTS) is 1. The average molecular weight is 345 g/mol. The normalized spacial score (nSPS) is 21.9. The average Bonchev–Trinajstić information content (AvgIpc) is 2.31. The first-order valence-electron chi connectivity index (χ1n) is 5.30. The maximum Gasteiger partial charge on any atom is 0.410 e. The summed E-state index contributed by atoms with van der Waals surface area (Å²) in [5.74, 6) is -0.388. The zero-order valence-corrected chi connectivity index (χ0v) is 12.3. The van der Waals surface area contributed by atoms with Gasteiger partial charge in [0.05, 0.1) is 0 Å². The van der Waals surface area contributed by atoms with E-state index in [2.05, 4.69) is 26.2 Å². The number of thioether (sulfide) groups is 1. The van der Waals surface area contributed by atoms with Gasteiger partial charge in [0, 0.05) is 10.0 Å². The molecular weight excluding hydrogens is 335 g/mol. The molecule has 1 aromatic rings. The molecule has 1 amide bonds. The van der Waals surface area contributed by atoms with Crippen molar-refractivity contribution in [2.24, 2.45) is 4.99 Å². The molecule has 0 fully saturated rings. The van der Waals surface area contributed by atoms with Gasteiger partial charge in [0.15, 0.2) is 5.17 Å². The Balaban J connectivity index is 2.43. The molecule has 0 bridgehead atoms. The van der Waals surface area contributed by atoms with E-state index in [0.29, 0.717) is 5.56 Å². The minimum atomic E-state index is -1.20. The standard InChI is InChI=1S/C12H10BrFN2O2S/c1-12(8-6-7(13)2-3-9(8)14)4-5-19-10(16-12)15-11(17)18/h2-6H,1H3,(H,15,16)(H,17,18). The molecule has 19 heavy (non-hydrogen) atoms. The summed E-state index contributed by atoms with van der Waals surface area (Å²) < 4.78 is 14.7. The number of aliphatic imine (C=N–C) groups is 1. The highest BCUT2D eigenvalue weighted by Gasteiger charge is 2.29. The molecule has 2 N–H and O–H groups in total.